The fourth-order valence-corrected chi connectivity index (χ4v) is 0.670. The second-order valence-electron chi connectivity index (χ2n) is 1.96. The topological polar surface area (TPSA) is 23.3 Å². The summed E-state index contributed by atoms with van der Waals surface area (Å²) < 4.78 is 1.58. The van der Waals surface area contributed by atoms with Gasteiger partial charge in [0, 0.05) is 0 Å². The van der Waals surface area contributed by atoms with Crippen LogP contribution >= 0.6 is 0 Å². The summed E-state index contributed by atoms with van der Waals surface area (Å²) in [5.41, 5.74) is 0. The largest absolute Gasteiger partial charge is 0.492 e. The second kappa shape index (κ2) is 1.58. The first-order chi connectivity index (χ1) is 3.72. The number of rotatable bonds is 0. The van der Waals surface area contributed by atoms with E-state index in [4.69, 9.17) is 0 Å². The Morgan fingerprint density at radius 1 is 1.88 bits per heavy atom. The molecule has 0 aromatic heterocycles. The Balaban J connectivity index is 2.73. The lowest BCUT2D eigenvalue weighted by Crippen LogP contribution is -2.24. The third-order valence-corrected chi connectivity index (χ3v) is 1.26. The van der Waals surface area contributed by atoms with Gasteiger partial charge in [0.2, 0.25) is 0 Å². The highest BCUT2D eigenvalue weighted by atomic mass is 16.2. The van der Waals surface area contributed by atoms with E-state index >= 15 is 0 Å². The van der Waals surface area contributed by atoms with E-state index < -0.39 is 0 Å². The summed E-state index contributed by atoms with van der Waals surface area (Å²) in [5.74, 6) is 0. The normalized spacial score (nSPS) is 19.5. The van der Waals surface area contributed by atoms with Gasteiger partial charge in [-0.1, -0.05) is 0 Å². The molecule has 0 aromatic rings. The van der Waals surface area contributed by atoms with Crippen molar-refractivity contribution in [2.45, 2.75) is 0 Å². The molecule has 44 valence electrons. The van der Waals surface area contributed by atoms with Gasteiger partial charge in [-0.15, -0.1) is 0 Å². The molecule has 1 heterocycles. The van der Waals surface area contributed by atoms with Crippen molar-refractivity contribution in [3.63, 3.8) is 0 Å². The maximum atomic E-state index is 10.7. The summed E-state index contributed by atoms with van der Waals surface area (Å²) in [4.78, 5) is 12.4. The van der Waals surface area contributed by atoms with Gasteiger partial charge in [0.15, 0.2) is 0 Å². The number of carbonyl (C=O) groups excluding carboxylic acids is 1. The standard InChI is InChI=1S/C5H9N2O/c1-6-3-4-7(2)5(6)8/h3H,4H2,1-2H3/q+1. The molecule has 0 aromatic carbocycles. The highest BCUT2D eigenvalue weighted by Gasteiger charge is 2.24. The first-order valence-corrected chi connectivity index (χ1v) is 2.53. The highest BCUT2D eigenvalue weighted by molar-refractivity contribution is 5.78. The van der Waals surface area contributed by atoms with Crippen molar-refractivity contribution < 1.29 is 9.37 Å². The molecule has 1 rings (SSSR count). The molecule has 0 atom stereocenters. The van der Waals surface area contributed by atoms with Crippen LogP contribution in [0.15, 0.2) is 0 Å². The summed E-state index contributed by atoms with van der Waals surface area (Å²) in [7, 11) is 3.54. The summed E-state index contributed by atoms with van der Waals surface area (Å²) >= 11 is 0. The third-order valence-electron chi connectivity index (χ3n) is 1.26. The van der Waals surface area contributed by atoms with Crippen LogP contribution in [-0.4, -0.2) is 42.4 Å². The lowest BCUT2D eigenvalue weighted by molar-refractivity contribution is -0.387. The lowest BCUT2D eigenvalue weighted by Gasteiger charge is -1.94. The summed E-state index contributed by atoms with van der Waals surface area (Å²) in [6.45, 7) is 0.745. The zero-order valence-corrected chi connectivity index (χ0v) is 5.09. The van der Waals surface area contributed by atoms with Gasteiger partial charge in [-0.25, -0.2) is 9.48 Å². The molecule has 8 heavy (non-hydrogen) atoms. The molecule has 2 amide bonds. The van der Waals surface area contributed by atoms with Crippen LogP contribution in [0.2, 0.25) is 0 Å². The molecule has 3 nitrogen and oxygen atoms in total. The van der Waals surface area contributed by atoms with Crippen molar-refractivity contribution in [2.24, 2.45) is 0 Å². The summed E-state index contributed by atoms with van der Waals surface area (Å²) in [5, 5.41) is 0. The summed E-state index contributed by atoms with van der Waals surface area (Å²) in [6, 6.07) is 0.0741. The first kappa shape index (κ1) is 5.28. The number of urea groups is 1. The fourth-order valence-electron chi connectivity index (χ4n) is 0.670. The van der Waals surface area contributed by atoms with Crippen molar-refractivity contribution in [1.29, 1.82) is 0 Å². The molecule has 0 unspecified atom stereocenters. The van der Waals surface area contributed by atoms with E-state index in [2.05, 4.69) is 0 Å². The zero-order chi connectivity index (χ0) is 6.15. The van der Waals surface area contributed by atoms with Crippen LogP contribution in [-0.2, 0) is 0 Å². The fraction of sp³-hybridized carbons (Fsp3) is 0.600. The molecular formula is C5H9N2O+. The number of hydrogen-bond acceptors (Lipinski definition) is 1. The Morgan fingerprint density at radius 2 is 2.50 bits per heavy atom. The average Bonchev–Trinajstić information content (AvgIpc) is 1.98. The van der Waals surface area contributed by atoms with Gasteiger partial charge in [0.1, 0.15) is 12.8 Å². The zero-order valence-electron chi connectivity index (χ0n) is 5.09. The first-order valence-electron chi connectivity index (χ1n) is 2.53. The van der Waals surface area contributed by atoms with E-state index in [9.17, 15) is 4.79 Å². The van der Waals surface area contributed by atoms with Crippen LogP contribution < -0.4 is 0 Å². The summed E-state index contributed by atoms with van der Waals surface area (Å²) in [6.07, 6.45) is 1.85. The van der Waals surface area contributed by atoms with Gasteiger partial charge in [-0.2, -0.15) is 4.79 Å². The third kappa shape index (κ3) is 0.598. The number of hydrogen-bond donors (Lipinski definition) is 0. The van der Waals surface area contributed by atoms with Crippen LogP contribution in [0, 0.1) is 0 Å². The molecule has 3 heteroatoms. The van der Waals surface area contributed by atoms with E-state index in [0.29, 0.717) is 0 Å². The van der Waals surface area contributed by atoms with Crippen molar-refractivity contribution in [1.82, 2.24) is 4.90 Å². The maximum absolute atomic E-state index is 10.7. The van der Waals surface area contributed by atoms with E-state index in [1.54, 1.807) is 23.6 Å². The van der Waals surface area contributed by atoms with Crippen LogP contribution in [0.3, 0.4) is 0 Å². The Kier molecular flexibility index (Phi) is 1.04. The average molecular weight is 113 g/mol. The minimum atomic E-state index is 0.0741. The van der Waals surface area contributed by atoms with Gasteiger partial charge >= 0.3 is 6.03 Å². The van der Waals surface area contributed by atoms with E-state index in [0.717, 1.165) is 6.54 Å². The molecule has 1 aliphatic rings. The minimum Gasteiger partial charge on any atom is -0.221 e. The molecule has 0 radical (unpaired) electrons. The van der Waals surface area contributed by atoms with Crippen LogP contribution in [0.4, 0.5) is 4.79 Å². The molecule has 0 bridgehead atoms. The molecule has 0 spiro atoms. The van der Waals surface area contributed by atoms with E-state index in [-0.39, 0.29) is 6.03 Å². The number of amides is 2. The predicted molar refractivity (Wildman–Crippen MR) is 30.3 cm³/mol. The predicted octanol–water partition coefficient (Wildman–Crippen LogP) is -0.235. The maximum Gasteiger partial charge on any atom is 0.492 e. The van der Waals surface area contributed by atoms with Crippen molar-refractivity contribution in [3.05, 3.63) is 0 Å². The Morgan fingerprint density at radius 3 is 2.62 bits per heavy atom. The number of carbonyl (C=O) groups is 1. The molecule has 0 aliphatic carbocycles. The molecule has 0 saturated carbocycles. The van der Waals surface area contributed by atoms with Gasteiger partial charge in [-0.3, -0.25) is 0 Å². The molecule has 1 aliphatic heterocycles. The van der Waals surface area contributed by atoms with Crippen LogP contribution in [0.5, 0.6) is 0 Å². The highest BCUT2D eigenvalue weighted by Crippen LogP contribution is 1.91. The van der Waals surface area contributed by atoms with Crippen LogP contribution in [0.25, 0.3) is 0 Å². The second-order valence-corrected chi connectivity index (χ2v) is 1.96. The van der Waals surface area contributed by atoms with Gasteiger partial charge in [0.05, 0.1) is 14.1 Å². The van der Waals surface area contributed by atoms with Gasteiger partial charge < -0.3 is 0 Å². The Hall–Kier alpha value is -0.860. The smallest absolute Gasteiger partial charge is 0.221 e. The van der Waals surface area contributed by atoms with Crippen molar-refractivity contribution >= 4 is 12.2 Å². The Bertz CT molecular complexity index is 151. The Labute approximate surface area is 48.2 Å². The minimum absolute atomic E-state index is 0.0741. The molecule has 0 saturated heterocycles. The molecular weight excluding hydrogens is 104 g/mol. The van der Waals surface area contributed by atoms with Crippen LogP contribution in [0.1, 0.15) is 0 Å². The van der Waals surface area contributed by atoms with Crippen molar-refractivity contribution in [3.8, 4) is 0 Å². The number of nitrogens with zero attached hydrogens (tertiary/aromatic N) is 2. The van der Waals surface area contributed by atoms with E-state index in [1.165, 1.54) is 0 Å². The van der Waals surface area contributed by atoms with E-state index in [1.807, 2.05) is 6.21 Å². The quantitative estimate of drug-likeness (QED) is 0.398. The lowest BCUT2D eigenvalue weighted by atomic mass is 10.7. The SMILES string of the molecule is CN1CC=[N+](C)C1=O. The molecule has 0 fully saturated rings. The molecule has 0 N–H and O–H groups in total. The van der Waals surface area contributed by atoms with Gasteiger partial charge in [-0.05, 0) is 0 Å². The van der Waals surface area contributed by atoms with Crippen molar-refractivity contribution in [2.75, 3.05) is 20.6 Å². The van der Waals surface area contributed by atoms with Gasteiger partial charge in [0.25, 0.3) is 0 Å². The monoisotopic (exact) mass is 113 g/mol.